The molecule has 0 bridgehead atoms. The second kappa shape index (κ2) is 6.05. The van der Waals surface area contributed by atoms with Gasteiger partial charge in [-0.1, -0.05) is 10.3 Å². The molecule has 0 atom stereocenters. The first-order chi connectivity index (χ1) is 11.2. The molecular formula is C16H23N5O2. The molecule has 4 rings (SSSR count). The smallest absolute Gasteiger partial charge is 0.229 e. The first kappa shape index (κ1) is 14.8. The van der Waals surface area contributed by atoms with E-state index < -0.39 is 0 Å². The molecule has 3 heterocycles. The van der Waals surface area contributed by atoms with Crippen molar-refractivity contribution >= 4 is 0 Å². The van der Waals surface area contributed by atoms with Gasteiger partial charge in [0.05, 0.1) is 12.2 Å². The van der Waals surface area contributed by atoms with Gasteiger partial charge in [0, 0.05) is 44.2 Å². The summed E-state index contributed by atoms with van der Waals surface area (Å²) in [4.78, 5) is 9.36. The van der Waals surface area contributed by atoms with Gasteiger partial charge in [-0.2, -0.15) is 4.98 Å². The minimum atomic E-state index is 0.531. The van der Waals surface area contributed by atoms with Crippen LogP contribution in [0, 0.1) is 13.8 Å². The van der Waals surface area contributed by atoms with Gasteiger partial charge < -0.3 is 9.05 Å². The van der Waals surface area contributed by atoms with Crippen LogP contribution in [0.25, 0.3) is 0 Å². The fourth-order valence-electron chi connectivity index (χ4n) is 3.08. The maximum Gasteiger partial charge on any atom is 0.229 e. The zero-order valence-electron chi connectivity index (χ0n) is 13.8. The Morgan fingerprint density at radius 2 is 1.65 bits per heavy atom. The van der Waals surface area contributed by atoms with Crippen molar-refractivity contribution in [3.05, 3.63) is 28.7 Å². The molecule has 23 heavy (non-hydrogen) atoms. The molecule has 1 aliphatic heterocycles. The maximum atomic E-state index is 5.33. The second-order valence-corrected chi connectivity index (χ2v) is 6.68. The number of nitrogens with zero attached hydrogens (tertiary/aromatic N) is 5. The zero-order valence-corrected chi connectivity index (χ0v) is 13.8. The molecule has 7 heteroatoms. The van der Waals surface area contributed by atoms with Crippen molar-refractivity contribution < 1.29 is 9.05 Å². The Balaban J connectivity index is 1.28. The maximum absolute atomic E-state index is 5.33. The van der Waals surface area contributed by atoms with Crippen LogP contribution in [0.1, 0.15) is 47.5 Å². The van der Waals surface area contributed by atoms with Crippen LogP contribution in [-0.4, -0.2) is 51.3 Å². The summed E-state index contributed by atoms with van der Waals surface area (Å²) in [6, 6.07) is 0. The lowest BCUT2D eigenvalue weighted by molar-refractivity contribution is 0.118. The molecule has 0 amide bonds. The highest BCUT2D eigenvalue weighted by Gasteiger charge is 2.30. The Hall–Kier alpha value is -1.73. The SMILES string of the molecule is Cc1noc(C)c1CN1CCN(Cc2noc(C3CC3)n2)CC1. The highest BCUT2D eigenvalue weighted by molar-refractivity contribution is 5.20. The molecule has 2 fully saturated rings. The largest absolute Gasteiger partial charge is 0.361 e. The summed E-state index contributed by atoms with van der Waals surface area (Å²) in [6.45, 7) is 9.83. The van der Waals surface area contributed by atoms with Gasteiger partial charge in [-0.25, -0.2) is 0 Å². The van der Waals surface area contributed by atoms with E-state index in [-0.39, 0.29) is 0 Å². The van der Waals surface area contributed by atoms with Crippen molar-refractivity contribution in [1.29, 1.82) is 0 Å². The highest BCUT2D eigenvalue weighted by atomic mass is 16.5. The van der Waals surface area contributed by atoms with Gasteiger partial charge in [0.1, 0.15) is 5.76 Å². The van der Waals surface area contributed by atoms with Crippen molar-refractivity contribution in [2.45, 2.75) is 45.7 Å². The van der Waals surface area contributed by atoms with Crippen LogP contribution in [0.4, 0.5) is 0 Å². The van der Waals surface area contributed by atoms with E-state index in [1.54, 1.807) is 0 Å². The Bertz CT molecular complexity index is 648. The number of piperazine rings is 1. The van der Waals surface area contributed by atoms with Crippen LogP contribution in [0.2, 0.25) is 0 Å². The molecule has 0 radical (unpaired) electrons. The molecule has 7 nitrogen and oxygen atoms in total. The summed E-state index contributed by atoms with van der Waals surface area (Å²) < 4.78 is 10.6. The summed E-state index contributed by atoms with van der Waals surface area (Å²) in [5.41, 5.74) is 2.23. The standard InChI is InChI=1S/C16H23N5O2/c1-11-14(12(2)22-18-11)9-20-5-7-21(8-6-20)10-15-17-16(23-19-15)13-3-4-13/h13H,3-10H2,1-2H3. The van der Waals surface area contributed by atoms with Gasteiger partial charge in [0.2, 0.25) is 5.89 Å². The normalized spacial score (nSPS) is 20.3. The van der Waals surface area contributed by atoms with E-state index in [1.807, 2.05) is 13.8 Å². The molecule has 0 aromatic carbocycles. The topological polar surface area (TPSA) is 71.4 Å². The van der Waals surface area contributed by atoms with E-state index in [0.29, 0.717) is 5.92 Å². The predicted molar refractivity (Wildman–Crippen MR) is 82.8 cm³/mol. The number of rotatable bonds is 5. The van der Waals surface area contributed by atoms with E-state index >= 15 is 0 Å². The summed E-state index contributed by atoms with van der Waals surface area (Å²) in [6.07, 6.45) is 2.39. The Labute approximate surface area is 135 Å². The first-order valence-electron chi connectivity index (χ1n) is 8.38. The minimum absolute atomic E-state index is 0.531. The fourth-order valence-corrected chi connectivity index (χ4v) is 3.08. The van der Waals surface area contributed by atoms with Gasteiger partial charge in [0.25, 0.3) is 0 Å². The highest BCUT2D eigenvalue weighted by Crippen LogP contribution is 2.38. The van der Waals surface area contributed by atoms with Gasteiger partial charge in [0.15, 0.2) is 5.82 Å². The van der Waals surface area contributed by atoms with Crippen LogP contribution in [-0.2, 0) is 13.1 Å². The average molecular weight is 317 g/mol. The molecule has 1 aliphatic carbocycles. The molecular weight excluding hydrogens is 294 g/mol. The summed E-state index contributed by atoms with van der Waals surface area (Å²) in [7, 11) is 0. The van der Waals surface area contributed by atoms with Crippen molar-refractivity contribution in [1.82, 2.24) is 25.1 Å². The van der Waals surface area contributed by atoms with Gasteiger partial charge in [-0.05, 0) is 26.7 Å². The molecule has 0 unspecified atom stereocenters. The summed E-state index contributed by atoms with van der Waals surface area (Å²) >= 11 is 0. The molecule has 124 valence electrons. The Morgan fingerprint density at radius 1 is 0.957 bits per heavy atom. The van der Waals surface area contributed by atoms with Gasteiger partial charge >= 0.3 is 0 Å². The van der Waals surface area contributed by atoms with Crippen molar-refractivity contribution in [3.63, 3.8) is 0 Å². The molecule has 2 aromatic heterocycles. The molecule has 2 aromatic rings. The zero-order chi connectivity index (χ0) is 15.8. The second-order valence-electron chi connectivity index (χ2n) is 6.68. The molecule has 0 N–H and O–H groups in total. The number of hydrogen-bond acceptors (Lipinski definition) is 7. The van der Waals surface area contributed by atoms with Gasteiger partial charge in [-0.15, -0.1) is 0 Å². The van der Waals surface area contributed by atoms with Crippen LogP contribution < -0.4 is 0 Å². The average Bonchev–Trinajstić information content (AvgIpc) is 3.23. The molecule has 0 spiro atoms. The van der Waals surface area contributed by atoms with Gasteiger partial charge in [-0.3, -0.25) is 9.80 Å². The fraction of sp³-hybridized carbons (Fsp3) is 0.688. The van der Waals surface area contributed by atoms with Crippen LogP contribution in [0.3, 0.4) is 0 Å². The van der Waals surface area contributed by atoms with Crippen molar-refractivity contribution in [2.75, 3.05) is 26.2 Å². The van der Waals surface area contributed by atoms with E-state index in [9.17, 15) is 0 Å². The quantitative estimate of drug-likeness (QED) is 0.833. The Morgan fingerprint density at radius 3 is 2.26 bits per heavy atom. The number of aryl methyl sites for hydroxylation is 2. The van der Waals surface area contributed by atoms with E-state index in [0.717, 1.165) is 62.4 Å². The third-order valence-electron chi connectivity index (χ3n) is 4.80. The van der Waals surface area contributed by atoms with E-state index in [2.05, 4.69) is 25.1 Å². The number of aromatic nitrogens is 3. The van der Waals surface area contributed by atoms with Crippen molar-refractivity contribution in [3.8, 4) is 0 Å². The minimum Gasteiger partial charge on any atom is -0.361 e. The molecule has 1 saturated heterocycles. The van der Waals surface area contributed by atoms with Crippen LogP contribution in [0.15, 0.2) is 9.05 Å². The number of hydrogen-bond donors (Lipinski definition) is 0. The molecule has 2 aliphatic rings. The molecule has 1 saturated carbocycles. The predicted octanol–water partition coefficient (Wildman–Crippen LogP) is 1.87. The monoisotopic (exact) mass is 317 g/mol. The lowest BCUT2D eigenvalue weighted by Crippen LogP contribution is -2.45. The lowest BCUT2D eigenvalue weighted by atomic mass is 10.2. The van der Waals surface area contributed by atoms with E-state index in [1.165, 1.54) is 18.4 Å². The van der Waals surface area contributed by atoms with Crippen LogP contribution >= 0.6 is 0 Å². The van der Waals surface area contributed by atoms with E-state index in [4.69, 9.17) is 9.05 Å². The Kier molecular flexibility index (Phi) is 3.90. The summed E-state index contributed by atoms with van der Waals surface area (Å²) in [5.74, 6) is 3.12. The van der Waals surface area contributed by atoms with Crippen molar-refractivity contribution in [2.24, 2.45) is 0 Å². The lowest BCUT2D eigenvalue weighted by Gasteiger charge is -2.33. The summed E-state index contributed by atoms with van der Waals surface area (Å²) in [5, 5.41) is 8.15. The van der Waals surface area contributed by atoms with Crippen LogP contribution in [0.5, 0.6) is 0 Å². The first-order valence-corrected chi connectivity index (χ1v) is 8.38. The third-order valence-corrected chi connectivity index (χ3v) is 4.80. The third kappa shape index (κ3) is 3.30.